The summed E-state index contributed by atoms with van der Waals surface area (Å²) >= 11 is 0. The molecule has 0 unspecified atom stereocenters. The second kappa shape index (κ2) is 7.64. The molecule has 0 fully saturated rings. The summed E-state index contributed by atoms with van der Waals surface area (Å²) in [6.45, 7) is 0.404. The van der Waals surface area contributed by atoms with Crippen molar-refractivity contribution in [1.82, 2.24) is 10.2 Å². The Balaban J connectivity index is 1.61. The molecule has 0 aliphatic carbocycles. The topological polar surface area (TPSA) is 66.9 Å². The van der Waals surface area contributed by atoms with Gasteiger partial charge < -0.3 is 10.6 Å². The van der Waals surface area contributed by atoms with Crippen LogP contribution in [0.25, 0.3) is 0 Å². The molecule has 0 bridgehead atoms. The fraction of sp³-hybridized carbons (Fsp3) is 0.0556. The maximum absolute atomic E-state index is 13.6. The predicted octanol–water partition coefficient (Wildman–Crippen LogP) is 3.76. The molecule has 3 aromatic rings. The summed E-state index contributed by atoms with van der Waals surface area (Å²) in [6, 6.07) is 11.7. The number of halogens is 3. The minimum atomic E-state index is -0.885. The van der Waals surface area contributed by atoms with Crippen molar-refractivity contribution in [2.75, 3.05) is 10.6 Å². The Morgan fingerprint density at radius 1 is 0.885 bits per heavy atom. The summed E-state index contributed by atoms with van der Waals surface area (Å²) in [4.78, 5) is 12.0. The second-order valence-electron chi connectivity index (χ2n) is 5.36. The third-order valence-electron chi connectivity index (χ3n) is 3.46. The summed E-state index contributed by atoms with van der Waals surface area (Å²) < 4.78 is 39.3. The Morgan fingerprint density at radius 2 is 1.62 bits per heavy atom. The van der Waals surface area contributed by atoms with Gasteiger partial charge in [0.2, 0.25) is 0 Å². The van der Waals surface area contributed by atoms with E-state index in [2.05, 4.69) is 20.8 Å². The van der Waals surface area contributed by atoms with Gasteiger partial charge in [-0.2, -0.15) is 0 Å². The van der Waals surface area contributed by atoms with Crippen molar-refractivity contribution in [3.05, 3.63) is 83.3 Å². The van der Waals surface area contributed by atoms with Gasteiger partial charge in [0.15, 0.2) is 5.69 Å². The molecule has 1 amide bonds. The van der Waals surface area contributed by atoms with Gasteiger partial charge in [0.1, 0.15) is 23.3 Å². The van der Waals surface area contributed by atoms with Gasteiger partial charge in [0.25, 0.3) is 5.91 Å². The zero-order valence-corrected chi connectivity index (χ0v) is 13.3. The highest BCUT2D eigenvalue weighted by atomic mass is 19.1. The van der Waals surface area contributed by atoms with E-state index in [4.69, 9.17) is 0 Å². The molecule has 132 valence electrons. The van der Waals surface area contributed by atoms with Gasteiger partial charge in [-0.15, -0.1) is 10.2 Å². The van der Waals surface area contributed by atoms with Crippen molar-refractivity contribution in [2.24, 2.45) is 0 Å². The molecule has 0 atom stereocenters. The number of benzene rings is 2. The van der Waals surface area contributed by atoms with Crippen molar-refractivity contribution >= 4 is 17.4 Å². The predicted molar refractivity (Wildman–Crippen MR) is 90.1 cm³/mol. The van der Waals surface area contributed by atoms with Crippen LogP contribution < -0.4 is 10.6 Å². The number of nitrogens with zero attached hydrogens (tertiary/aromatic N) is 2. The molecule has 2 aromatic carbocycles. The van der Waals surface area contributed by atoms with Crippen LogP contribution in [-0.2, 0) is 6.54 Å². The molecule has 0 saturated carbocycles. The smallest absolute Gasteiger partial charge is 0.276 e. The van der Waals surface area contributed by atoms with Crippen molar-refractivity contribution in [1.29, 1.82) is 0 Å². The van der Waals surface area contributed by atoms with E-state index in [1.165, 1.54) is 24.3 Å². The zero-order valence-electron chi connectivity index (χ0n) is 13.3. The average Bonchev–Trinajstić information content (AvgIpc) is 2.64. The number of amides is 1. The maximum atomic E-state index is 13.6. The number of nitrogens with one attached hydrogen (secondary N) is 2. The van der Waals surface area contributed by atoms with Crippen LogP contribution in [0.1, 0.15) is 16.1 Å². The molecule has 3 rings (SSSR count). The second-order valence-corrected chi connectivity index (χ2v) is 5.36. The molecule has 8 heteroatoms. The van der Waals surface area contributed by atoms with Crippen molar-refractivity contribution in [3.63, 3.8) is 0 Å². The lowest BCUT2D eigenvalue weighted by Crippen LogP contribution is -2.15. The van der Waals surface area contributed by atoms with E-state index in [0.717, 1.165) is 17.7 Å². The van der Waals surface area contributed by atoms with E-state index in [1.54, 1.807) is 12.1 Å². The summed E-state index contributed by atoms with van der Waals surface area (Å²) in [5, 5.41) is 12.9. The molecule has 1 heterocycles. The fourth-order valence-electron chi connectivity index (χ4n) is 2.12. The van der Waals surface area contributed by atoms with Gasteiger partial charge in [-0.3, -0.25) is 4.79 Å². The Morgan fingerprint density at radius 3 is 2.27 bits per heavy atom. The van der Waals surface area contributed by atoms with E-state index in [1.807, 2.05) is 0 Å². The monoisotopic (exact) mass is 358 g/mol. The standard InChI is InChI=1S/C18H13F3N4O/c19-12-3-1-11(2-4-12)10-22-17-8-7-16(24-25-17)18(26)23-15-6-5-13(20)9-14(15)21/h1-9H,10H2,(H,22,25)(H,23,26). The van der Waals surface area contributed by atoms with Gasteiger partial charge in [-0.25, -0.2) is 13.2 Å². The minimum absolute atomic E-state index is 0.0268. The first kappa shape index (κ1) is 17.4. The number of carbonyl (C=O) groups is 1. The van der Waals surface area contributed by atoms with Crippen LogP contribution in [0.15, 0.2) is 54.6 Å². The first-order chi connectivity index (χ1) is 12.5. The molecule has 0 radical (unpaired) electrons. The SMILES string of the molecule is O=C(Nc1ccc(F)cc1F)c1ccc(NCc2ccc(F)cc2)nn1. The summed E-state index contributed by atoms with van der Waals surface area (Å²) in [5.74, 6) is -2.20. The Labute approximate surface area is 146 Å². The van der Waals surface area contributed by atoms with Crippen LogP contribution in [0.2, 0.25) is 0 Å². The molecule has 1 aromatic heterocycles. The highest BCUT2D eigenvalue weighted by Gasteiger charge is 2.12. The van der Waals surface area contributed by atoms with Gasteiger partial charge >= 0.3 is 0 Å². The van der Waals surface area contributed by atoms with Crippen LogP contribution in [0.4, 0.5) is 24.7 Å². The van der Waals surface area contributed by atoms with Crippen LogP contribution in [0, 0.1) is 17.5 Å². The molecule has 2 N–H and O–H groups in total. The van der Waals surface area contributed by atoms with Crippen LogP contribution in [-0.4, -0.2) is 16.1 Å². The Hall–Kier alpha value is -3.42. The van der Waals surface area contributed by atoms with Gasteiger partial charge in [-0.1, -0.05) is 12.1 Å². The first-order valence-corrected chi connectivity index (χ1v) is 7.60. The van der Waals surface area contributed by atoms with E-state index >= 15 is 0 Å². The van der Waals surface area contributed by atoms with E-state index in [-0.39, 0.29) is 17.2 Å². The number of rotatable bonds is 5. The van der Waals surface area contributed by atoms with Crippen molar-refractivity contribution < 1.29 is 18.0 Å². The highest BCUT2D eigenvalue weighted by molar-refractivity contribution is 6.02. The first-order valence-electron chi connectivity index (χ1n) is 7.60. The van der Waals surface area contributed by atoms with Gasteiger partial charge in [-0.05, 0) is 42.0 Å². The zero-order chi connectivity index (χ0) is 18.5. The number of aromatic nitrogens is 2. The maximum Gasteiger partial charge on any atom is 0.276 e. The molecule has 0 aliphatic rings. The number of carbonyl (C=O) groups excluding carboxylic acids is 1. The Bertz CT molecular complexity index is 915. The molecule has 0 aliphatic heterocycles. The van der Waals surface area contributed by atoms with Crippen molar-refractivity contribution in [2.45, 2.75) is 6.54 Å². The molecule has 0 spiro atoms. The van der Waals surface area contributed by atoms with Crippen LogP contribution in [0.5, 0.6) is 0 Å². The van der Waals surface area contributed by atoms with E-state index in [9.17, 15) is 18.0 Å². The highest BCUT2D eigenvalue weighted by Crippen LogP contribution is 2.16. The number of hydrogen-bond donors (Lipinski definition) is 2. The minimum Gasteiger partial charge on any atom is -0.365 e. The van der Waals surface area contributed by atoms with Gasteiger partial charge in [0, 0.05) is 12.6 Å². The van der Waals surface area contributed by atoms with E-state index in [0.29, 0.717) is 18.4 Å². The van der Waals surface area contributed by atoms with E-state index < -0.39 is 17.5 Å². The average molecular weight is 358 g/mol. The molecular formula is C18H13F3N4O. The Kier molecular flexibility index (Phi) is 5.12. The lowest BCUT2D eigenvalue weighted by molar-refractivity contribution is 0.102. The number of hydrogen-bond acceptors (Lipinski definition) is 4. The molecule has 0 saturated heterocycles. The quantitative estimate of drug-likeness (QED) is 0.729. The molecule has 5 nitrogen and oxygen atoms in total. The largest absolute Gasteiger partial charge is 0.365 e. The summed E-state index contributed by atoms with van der Waals surface area (Å²) in [6.07, 6.45) is 0. The number of anilines is 2. The fourth-order valence-corrected chi connectivity index (χ4v) is 2.12. The van der Waals surface area contributed by atoms with Gasteiger partial charge in [0.05, 0.1) is 5.69 Å². The normalized spacial score (nSPS) is 10.4. The third-order valence-corrected chi connectivity index (χ3v) is 3.46. The summed E-state index contributed by atoms with van der Waals surface area (Å²) in [7, 11) is 0. The third kappa shape index (κ3) is 4.35. The lowest BCUT2D eigenvalue weighted by Gasteiger charge is -2.07. The lowest BCUT2D eigenvalue weighted by atomic mass is 10.2. The van der Waals surface area contributed by atoms with Crippen molar-refractivity contribution in [3.8, 4) is 0 Å². The molecule has 26 heavy (non-hydrogen) atoms. The van der Waals surface area contributed by atoms with Crippen LogP contribution in [0.3, 0.4) is 0 Å². The van der Waals surface area contributed by atoms with Crippen LogP contribution >= 0.6 is 0 Å². The summed E-state index contributed by atoms with van der Waals surface area (Å²) in [5.41, 5.74) is 0.666. The molecular weight excluding hydrogens is 345 g/mol.